The highest BCUT2D eigenvalue weighted by molar-refractivity contribution is 5.85. The molecule has 1 aromatic carbocycles. The Hall–Kier alpha value is -2.57. The Bertz CT molecular complexity index is 503. The third-order valence-electron chi connectivity index (χ3n) is 2.86. The molecule has 0 unspecified atom stereocenters. The molecule has 0 aromatic heterocycles. The molecule has 1 rings (SSSR count). The number of carboxylic acids is 1. The van der Waals surface area contributed by atoms with E-state index in [1.165, 1.54) is 12.0 Å². The quantitative estimate of drug-likeness (QED) is 0.764. The third-order valence-corrected chi connectivity index (χ3v) is 2.86. The number of nitrogens with zero attached hydrogens (tertiary/aromatic N) is 1. The SMILES string of the molecule is CCN(CC(=O)OC)C(=O)N[C@@H](C(=O)O)c1ccccc1. The van der Waals surface area contributed by atoms with Crippen molar-refractivity contribution in [3.05, 3.63) is 35.9 Å². The van der Waals surface area contributed by atoms with Crippen LogP contribution < -0.4 is 5.32 Å². The normalized spacial score (nSPS) is 11.3. The van der Waals surface area contributed by atoms with E-state index in [2.05, 4.69) is 10.1 Å². The Labute approximate surface area is 122 Å². The smallest absolute Gasteiger partial charge is 0.330 e. The lowest BCUT2D eigenvalue weighted by atomic mass is 10.1. The van der Waals surface area contributed by atoms with Crippen LogP contribution in [0.25, 0.3) is 0 Å². The van der Waals surface area contributed by atoms with E-state index in [0.29, 0.717) is 5.56 Å². The van der Waals surface area contributed by atoms with Gasteiger partial charge in [0.1, 0.15) is 6.54 Å². The molecule has 0 saturated heterocycles. The minimum Gasteiger partial charge on any atom is -0.479 e. The summed E-state index contributed by atoms with van der Waals surface area (Å²) in [5.41, 5.74) is 0.451. The van der Waals surface area contributed by atoms with E-state index >= 15 is 0 Å². The van der Waals surface area contributed by atoms with Gasteiger partial charge < -0.3 is 20.1 Å². The summed E-state index contributed by atoms with van der Waals surface area (Å²) in [5, 5.41) is 11.6. The second kappa shape index (κ2) is 7.88. The summed E-state index contributed by atoms with van der Waals surface area (Å²) in [5.74, 6) is -1.75. The van der Waals surface area contributed by atoms with Crippen LogP contribution in [0.4, 0.5) is 4.79 Å². The van der Waals surface area contributed by atoms with Crippen LogP contribution in [0.2, 0.25) is 0 Å². The number of rotatable bonds is 6. The molecule has 21 heavy (non-hydrogen) atoms. The molecular formula is C14H18N2O5. The molecule has 2 N–H and O–H groups in total. The van der Waals surface area contributed by atoms with Gasteiger partial charge >= 0.3 is 18.0 Å². The average Bonchev–Trinajstić information content (AvgIpc) is 2.50. The van der Waals surface area contributed by atoms with Crippen LogP contribution in [0, 0.1) is 0 Å². The summed E-state index contributed by atoms with van der Waals surface area (Å²) in [4.78, 5) is 35.7. The van der Waals surface area contributed by atoms with Gasteiger partial charge in [0.25, 0.3) is 0 Å². The fourth-order valence-electron chi connectivity index (χ4n) is 1.70. The first-order valence-corrected chi connectivity index (χ1v) is 6.39. The number of nitrogens with one attached hydrogen (secondary N) is 1. The summed E-state index contributed by atoms with van der Waals surface area (Å²) in [6.07, 6.45) is 0. The summed E-state index contributed by atoms with van der Waals surface area (Å²) >= 11 is 0. The van der Waals surface area contributed by atoms with Crippen molar-refractivity contribution >= 4 is 18.0 Å². The molecule has 114 valence electrons. The Balaban J connectivity index is 2.81. The molecule has 7 heteroatoms. The molecule has 2 amide bonds. The van der Waals surface area contributed by atoms with E-state index in [-0.39, 0.29) is 13.1 Å². The maximum atomic E-state index is 12.1. The molecule has 0 saturated carbocycles. The number of carbonyl (C=O) groups excluding carboxylic acids is 2. The van der Waals surface area contributed by atoms with Crippen molar-refractivity contribution in [2.75, 3.05) is 20.2 Å². The van der Waals surface area contributed by atoms with Gasteiger partial charge in [0.05, 0.1) is 7.11 Å². The summed E-state index contributed by atoms with van der Waals surface area (Å²) < 4.78 is 4.49. The fourth-order valence-corrected chi connectivity index (χ4v) is 1.70. The number of benzene rings is 1. The summed E-state index contributed by atoms with van der Waals surface area (Å²) in [6, 6.07) is 6.52. The van der Waals surface area contributed by atoms with Gasteiger partial charge in [0.15, 0.2) is 6.04 Å². The zero-order valence-electron chi connectivity index (χ0n) is 11.9. The maximum Gasteiger partial charge on any atom is 0.330 e. The number of hydrogen-bond acceptors (Lipinski definition) is 4. The molecule has 1 atom stereocenters. The van der Waals surface area contributed by atoms with Crippen LogP contribution >= 0.6 is 0 Å². The first-order valence-electron chi connectivity index (χ1n) is 6.39. The highest BCUT2D eigenvalue weighted by Crippen LogP contribution is 2.13. The minimum absolute atomic E-state index is 0.236. The van der Waals surface area contributed by atoms with Gasteiger partial charge in [-0.2, -0.15) is 0 Å². The van der Waals surface area contributed by atoms with Crippen molar-refractivity contribution in [2.24, 2.45) is 0 Å². The van der Waals surface area contributed by atoms with Crippen LogP contribution in [-0.4, -0.2) is 48.2 Å². The number of methoxy groups -OCH3 is 1. The van der Waals surface area contributed by atoms with Gasteiger partial charge in [0.2, 0.25) is 0 Å². The number of aliphatic carboxylic acids is 1. The van der Waals surface area contributed by atoms with Crippen molar-refractivity contribution in [3.8, 4) is 0 Å². The molecule has 0 aliphatic heterocycles. The predicted molar refractivity (Wildman–Crippen MR) is 74.6 cm³/mol. The van der Waals surface area contributed by atoms with Crippen LogP contribution in [0.15, 0.2) is 30.3 Å². The molecule has 0 aliphatic rings. The largest absolute Gasteiger partial charge is 0.479 e. The molecule has 7 nitrogen and oxygen atoms in total. The number of carboxylic acid groups (broad SMARTS) is 1. The second-order valence-corrected chi connectivity index (χ2v) is 4.22. The van der Waals surface area contributed by atoms with Crippen LogP contribution in [-0.2, 0) is 14.3 Å². The zero-order chi connectivity index (χ0) is 15.8. The van der Waals surface area contributed by atoms with E-state index in [4.69, 9.17) is 0 Å². The Morgan fingerprint density at radius 2 is 1.90 bits per heavy atom. The Kier molecular flexibility index (Phi) is 6.19. The van der Waals surface area contributed by atoms with Crippen molar-refractivity contribution in [3.63, 3.8) is 0 Å². The van der Waals surface area contributed by atoms with Gasteiger partial charge in [-0.15, -0.1) is 0 Å². The molecule has 0 bridgehead atoms. The molecule has 1 aromatic rings. The van der Waals surface area contributed by atoms with E-state index in [1.807, 2.05) is 0 Å². The predicted octanol–water partition coefficient (Wildman–Crippen LogP) is 1.02. The van der Waals surface area contributed by atoms with E-state index in [0.717, 1.165) is 0 Å². The van der Waals surface area contributed by atoms with Crippen molar-refractivity contribution in [1.29, 1.82) is 0 Å². The maximum absolute atomic E-state index is 12.1. The summed E-state index contributed by atoms with van der Waals surface area (Å²) in [6.45, 7) is 1.70. The van der Waals surface area contributed by atoms with Crippen molar-refractivity contribution in [1.82, 2.24) is 10.2 Å². The zero-order valence-corrected chi connectivity index (χ0v) is 11.9. The number of esters is 1. The standard InChI is InChI=1S/C14H18N2O5/c1-3-16(9-11(17)21-2)14(20)15-12(13(18)19)10-7-5-4-6-8-10/h4-8,12H,3,9H2,1-2H3,(H,15,20)(H,18,19)/t12-/m1/s1. The third kappa shape index (κ3) is 4.79. The highest BCUT2D eigenvalue weighted by Gasteiger charge is 2.25. The van der Waals surface area contributed by atoms with Crippen molar-refractivity contribution in [2.45, 2.75) is 13.0 Å². The van der Waals surface area contributed by atoms with E-state index in [1.54, 1.807) is 37.3 Å². The van der Waals surface area contributed by atoms with E-state index in [9.17, 15) is 19.5 Å². The lowest BCUT2D eigenvalue weighted by Crippen LogP contribution is -2.45. The lowest BCUT2D eigenvalue weighted by molar-refractivity contribution is -0.141. The minimum atomic E-state index is -1.18. The molecule has 0 heterocycles. The Morgan fingerprint density at radius 1 is 1.29 bits per heavy atom. The van der Waals surface area contributed by atoms with Gasteiger partial charge in [-0.05, 0) is 12.5 Å². The fraction of sp³-hybridized carbons (Fsp3) is 0.357. The van der Waals surface area contributed by atoms with Gasteiger partial charge in [0, 0.05) is 6.54 Å². The number of carbonyl (C=O) groups is 3. The molecule has 0 radical (unpaired) electrons. The Morgan fingerprint density at radius 3 is 2.38 bits per heavy atom. The van der Waals surface area contributed by atoms with Crippen LogP contribution in [0.3, 0.4) is 0 Å². The molecular weight excluding hydrogens is 276 g/mol. The van der Waals surface area contributed by atoms with Gasteiger partial charge in [-0.1, -0.05) is 30.3 Å². The lowest BCUT2D eigenvalue weighted by Gasteiger charge is -2.23. The second-order valence-electron chi connectivity index (χ2n) is 4.22. The number of hydrogen-bond donors (Lipinski definition) is 2. The highest BCUT2D eigenvalue weighted by atomic mass is 16.5. The van der Waals surface area contributed by atoms with Crippen LogP contribution in [0.1, 0.15) is 18.5 Å². The molecule has 0 fully saturated rings. The topological polar surface area (TPSA) is 95.9 Å². The average molecular weight is 294 g/mol. The number of likely N-dealkylation sites (N-methyl/N-ethyl adjacent to an activating group) is 1. The number of ether oxygens (including phenoxy) is 1. The van der Waals surface area contributed by atoms with Crippen LogP contribution in [0.5, 0.6) is 0 Å². The van der Waals surface area contributed by atoms with Gasteiger partial charge in [-0.25, -0.2) is 9.59 Å². The molecule has 0 spiro atoms. The first-order chi connectivity index (χ1) is 9.99. The monoisotopic (exact) mass is 294 g/mol. The van der Waals surface area contributed by atoms with Crippen molar-refractivity contribution < 1.29 is 24.2 Å². The number of amides is 2. The molecule has 0 aliphatic carbocycles. The van der Waals surface area contributed by atoms with Gasteiger partial charge in [-0.3, -0.25) is 4.79 Å². The first kappa shape index (κ1) is 16.5. The van der Waals surface area contributed by atoms with E-state index < -0.39 is 24.0 Å². The number of urea groups is 1. The summed E-state index contributed by atoms with van der Waals surface area (Å²) in [7, 11) is 1.22.